The molecular weight excluding hydrogens is 381 g/mol. The molecule has 0 aromatic heterocycles. The Labute approximate surface area is 145 Å². The Balaban J connectivity index is 0.00000400. The van der Waals surface area contributed by atoms with Crippen molar-refractivity contribution in [3.63, 3.8) is 0 Å². The van der Waals surface area contributed by atoms with Crippen LogP contribution in [0.3, 0.4) is 0 Å². The van der Waals surface area contributed by atoms with Gasteiger partial charge in [-0.3, -0.25) is 9.79 Å². The van der Waals surface area contributed by atoms with Gasteiger partial charge in [-0.25, -0.2) is 0 Å². The molecule has 0 aromatic carbocycles. The number of halogens is 1. The topological polar surface area (TPSA) is 76.7 Å². The van der Waals surface area contributed by atoms with Gasteiger partial charge >= 0.3 is 5.97 Å². The van der Waals surface area contributed by atoms with Crippen molar-refractivity contribution < 1.29 is 9.53 Å². The number of hydrogen-bond donors (Lipinski definition) is 2. The fourth-order valence-electron chi connectivity index (χ4n) is 2.34. The van der Waals surface area contributed by atoms with E-state index < -0.39 is 5.60 Å². The van der Waals surface area contributed by atoms with Gasteiger partial charge in [0.05, 0.1) is 13.0 Å². The number of carbonyl (C=O) groups excluding carboxylic acids is 1. The molecule has 1 rings (SSSR count). The van der Waals surface area contributed by atoms with Gasteiger partial charge in [-0.05, 0) is 33.6 Å². The van der Waals surface area contributed by atoms with Gasteiger partial charge in [-0.1, -0.05) is 25.7 Å². The summed E-state index contributed by atoms with van der Waals surface area (Å²) in [5.74, 6) is 0.212. The minimum Gasteiger partial charge on any atom is -0.460 e. The molecule has 0 bridgehead atoms. The number of esters is 1. The molecule has 0 unspecified atom stereocenters. The Bertz CT molecular complexity index is 332. The third kappa shape index (κ3) is 10.8. The van der Waals surface area contributed by atoms with Crippen LogP contribution in [-0.2, 0) is 9.53 Å². The maximum Gasteiger partial charge on any atom is 0.308 e. The average molecular weight is 411 g/mol. The number of nitrogens with zero attached hydrogens (tertiary/aromatic N) is 1. The van der Waals surface area contributed by atoms with E-state index in [1.165, 1.54) is 25.7 Å². The van der Waals surface area contributed by atoms with Crippen LogP contribution in [0.15, 0.2) is 4.99 Å². The lowest BCUT2D eigenvalue weighted by Gasteiger charge is -2.19. The molecule has 3 N–H and O–H groups in total. The zero-order valence-corrected chi connectivity index (χ0v) is 15.8. The van der Waals surface area contributed by atoms with Crippen LogP contribution in [0.1, 0.15) is 65.7 Å². The van der Waals surface area contributed by atoms with Gasteiger partial charge in [0, 0.05) is 6.04 Å². The predicted octanol–water partition coefficient (Wildman–Crippen LogP) is 2.96. The summed E-state index contributed by atoms with van der Waals surface area (Å²) in [5.41, 5.74) is 5.42. The number of rotatable bonds is 4. The molecule has 124 valence electrons. The third-order valence-corrected chi connectivity index (χ3v) is 3.23. The van der Waals surface area contributed by atoms with E-state index in [1.54, 1.807) is 0 Å². The summed E-state index contributed by atoms with van der Waals surface area (Å²) < 4.78 is 5.22. The second-order valence-corrected chi connectivity index (χ2v) is 6.44. The molecule has 21 heavy (non-hydrogen) atoms. The van der Waals surface area contributed by atoms with E-state index in [0.717, 1.165) is 12.8 Å². The van der Waals surface area contributed by atoms with Gasteiger partial charge in [0.15, 0.2) is 5.96 Å². The molecule has 0 aromatic rings. The summed E-state index contributed by atoms with van der Waals surface area (Å²) in [5, 5.41) is 3.26. The first kappa shape index (κ1) is 20.5. The van der Waals surface area contributed by atoms with Crippen molar-refractivity contribution in [2.75, 3.05) is 6.54 Å². The number of ether oxygens (including phenoxy) is 1. The zero-order chi connectivity index (χ0) is 15.0. The van der Waals surface area contributed by atoms with Gasteiger partial charge in [-0.2, -0.15) is 0 Å². The van der Waals surface area contributed by atoms with Crippen LogP contribution in [0.25, 0.3) is 0 Å². The fraction of sp³-hybridized carbons (Fsp3) is 0.867. The Morgan fingerprint density at radius 2 is 1.81 bits per heavy atom. The molecule has 6 heteroatoms. The van der Waals surface area contributed by atoms with Crippen molar-refractivity contribution in [2.24, 2.45) is 10.7 Å². The quantitative estimate of drug-likeness (QED) is 0.245. The molecule has 0 heterocycles. The summed E-state index contributed by atoms with van der Waals surface area (Å²) >= 11 is 0. The monoisotopic (exact) mass is 411 g/mol. The SMILES string of the molecule is CC(C)(C)OC(=O)CCN=C(N)NC1CCCCCC1.I. The van der Waals surface area contributed by atoms with E-state index in [-0.39, 0.29) is 36.4 Å². The minimum atomic E-state index is -0.440. The maximum atomic E-state index is 11.5. The molecule has 1 aliphatic rings. The number of hydrogen-bond acceptors (Lipinski definition) is 3. The lowest BCUT2D eigenvalue weighted by molar-refractivity contribution is -0.154. The number of nitrogens with one attached hydrogen (secondary N) is 1. The van der Waals surface area contributed by atoms with E-state index in [1.807, 2.05) is 20.8 Å². The second-order valence-electron chi connectivity index (χ2n) is 6.44. The summed E-state index contributed by atoms with van der Waals surface area (Å²) in [7, 11) is 0. The van der Waals surface area contributed by atoms with E-state index in [9.17, 15) is 4.79 Å². The van der Waals surface area contributed by atoms with E-state index in [4.69, 9.17) is 10.5 Å². The van der Waals surface area contributed by atoms with E-state index >= 15 is 0 Å². The predicted molar refractivity (Wildman–Crippen MR) is 97.0 cm³/mol. The molecular formula is C15H30IN3O2. The van der Waals surface area contributed by atoms with Gasteiger partial charge < -0.3 is 15.8 Å². The first-order valence-electron chi connectivity index (χ1n) is 7.65. The fourth-order valence-corrected chi connectivity index (χ4v) is 2.34. The van der Waals surface area contributed by atoms with Crippen LogP contribution in [0.2, 0.25) is 0 Å². The highest BCUT2D eigenvalue weighted by Gasteiger charge is 2.16. The summed E-state index contributed by atoms with van der Waals surface area (Å²) in [4.78, 5) is 15.7. The van der Waals surface area contributed by atoms with Crippen molar-refractivity contribution in [2.45, 2.75) is 77.4 Å². The smallest absolute Gasteiger partial charge is 0.308 e. The molecule has 0 amide bonds. The van der Waals surface area contributed by atoms with E-state index in [2.05, 4.69) is 10.3 Å². The first-order valence-corrected chi connectivity index (χ1v) is 7.65. The lowest BCUT2D eigenvalue weighted by atomic mass is 10.1. The Morgan fingerprint density at radius 3 is 2.33 bits per heavy atom. The molecule has 0 radical (unpaired) electrons. The first-order chi connectivity index (χ1) is 9.37. The third-order valence-electron chi connectivity index (χ3n) is 3.23. The summed E-state index contributed by atoms with van der Waals surface area (Å²) in [6.07, 6.45) is 7.71. The van der Waals surface area contributed by atoms with Crippen LogP contribution in [0.5, 0.6) is 0 Å². The van der Waals surface area contributed by atoms with Crippen LogP contribution in [-0.4, -0.2) is 30.1 Å². The highest BCUT2D eigenvalue weighted by atomic mass is 127. The van der Waals surface area contributed by atoms with E-state index in [0.29, 0.717) is 18.5 Å². The summed E-state index contributed by atoms with van der Waals surface area (Å²) in [6.45, 7) is 5.95. The normalized spacial score (nSPS) is 17.6. The number of carbonyl (C=O) groups is 1. The molecule has 0 aliphatic heterocycles. The standard InChI is InChI=1S/C15H29N3O2.HI/c1-15(2,3)20-13(19)10-11-17-14(16)18-12-8-6-4-5-7-9-12;/h12H,4-11H2,1-3H3,(H3,16,17,18);1H. The van der Waals surface area contributed by atoms with Crippen molar-refractivity contribution in [1.29, 1.82) is 0 Å². The average Bonchev–Trinajstić information content (AvgIpc) is 2.55. The molecule has 1 saturated carbocycles. The van der Waals surface area contributed by atoms with Crippen LogP contribution in [0.4, 0.5) is 0 Å². The van der Waals surface area contributed by atoms with Crippen LogP contribution in [0, 0.1) is 0 Å². The highest BCUT2D eigenvalue weighted by Crippen LogP contribution is 2.16. The largest absolute Gasteiger partial charge is 0.460 e. The Morgan fingerprint density at radius 1 is 1.24 bits per heavy atom. The molecule has 1 fully saturated rings. The van der Waals surface area contributed by atoms with Gasteiger partial charge in [0.25, 0.3) is 0 Å². The van der Waals surface area contributed by atoms with Crippen molar-refractivity contribution in [3.8, 4) is 0 Å². The van der Waals surface area contributed by atoms with Crippen molar-refractivity contribution in [1.82, 2.24) is 5.32 Å². The molecule has 0 spiro atoms. The van der Waals surface area contributed by atoms with Crippen LogP contribution >= 0.6 is 24.0 Å². The van der Waals surface area contributed by atoms with Gasteiger partial charge in [0.2, 0.25) is 0 Å². The lowest BCUT2D eigenvalue weighted by Crippen LogP contribution is -2.40. The molecule has 0 saturated heterocycles. The minimum absolute atomic E-state index is 0. The zero-order valence-electron chi connectivity index (χ0n) is 13.5. The van der Waals surface area contributed by atoms with Crippen LogP contribution < -0.4 is 11.1 Å². The summed E-state index contributed by atoms with van der Waals surface area (Å²) in [6, 6.07) is 0.433. The van der Waals surface area contributed by atoms with Crippen molar-refractivity contribution >= 4 is 35.9 Å². The number of aliphatic imine (C=N–C) groups is 1. The molecule has 5 nitrogen and oxygen atoms in total. The number of guanidine groups is 1. The number of nitrogens with two attached hydrogens (primary N) is 1. The van der Waals surface area contributed by atoms with Gasteiger partial charge in [-0.15, -0.1) is 24.0 Å². The highest BCUT2D eigenvalue weighted by molar-refractivity contribution is 14.0. The Kier molecular flexibility index (Phi) is 9.98. The molecule has 0 atom stereocenters. The Hall–Kier alpha value is -0.530. The van der Waals surface area contributed by atoms with Crippen molar-refractivity contribution in [3.05, 3.63) is 0 Å². The second kappa shape index (κ2) is 10.2. The maximum absolute atomic E-state index is 11.5. The molecule has 1 aliphatic carbocycles. The van der Waals surface area contributed by atoms with Gasteiger partial charge in [0.1, 0.15) is 5.60 Å².